The molecular formula is C15H16N4O. The zero-order valence-electron chi connectivity index (χ0n) is 11.5. The Morgan fingerprint density at radius 2 is 2.00 bits per heavy atom. The van der Waals surface area contributed by atoms with Crippen LogP contribution in [0.15, 0.2) is 30.5 Å². The summed E-state index contributed by atoms with van der Waals surface area (Å²) in [5.41, 5.74) is 7.11. The molecule has 2 heterocycles. The molecule has 0 saturated heterocycles. The van der Waals surface area contributed by atoms with Crippen molar-refractivity contribution in [3.05, 3.63) is 36.3 Å². The highest BCUT2D eigenvalue weighted by molar-refractivity contribution is 5.91. The van der Waals surface area contributed by atoms with Gasteiger partial charge >= 0.3 is 0 Å². The Morgan fingerprint density at radius 1 is 1.15 bits per heavy atom. The van der Waals surface area contributed by atoms with Crippen LogP contribution in [-0.4, -0.2) is 21.1 Å². The Hall–Kier alpha value is -2.27. The molecule has 0 unspecified atom stereocenters. The van der Waals surface area contributed by atoms with Crippen molar-refractivity contribution >= 4 is 21.9 Å². The van der Waals surface area contributed by atoms with Gasteiger partial charge in [0.05, 0.1) is 18.2 Å². The monoisotopic (exact) mass is 268 g/mol. The van der Waals surface area contributed by atoms with Crippen LogP contribution >= 0.6 is 0 Å². The van der Waals surface area contributed by atoms with Crippen molar-refractivity contribution in [2.45, 2.75) is 26.5 Å². The molecule has 0 bridgehead atoms. The van der Waals surface area contributed by atoms with E-state index in [1.807, 2.05) is 38.1 Å². The highest BCUT2D eigenvalue weighted by Crippen LogP contribution is 2.23. The first-order valence-electron chi connectivity index (χ1n) is 6.59. The van der Waals surface area contributed by atoms with Gasteiger partial charge in [0, 0.05) is 17.0 Å². The number of benzene rings is 1. The summed E-state index contributed by atoms with van der Waals surface area (Å²) in [5, 5.41) is 1.91. The fourth-order valence-electron chi connectivity index (χ4n) is 2.08. The summed E-state index contributed by atoms with van der Waals surface area (Å²) in [6.45, 7) is 4.33. The van der Waals surface area contributed by atoms with Crippen LogP contribution in [0, 0.1) is 0 Å². The first kappa shape index (κ1) is 12.7. The molecule has 0 amide bonds. The van der Waals surface area contributed by atoms with Crippen LogP contribution in [0.3, 0.4) is 0 Å². The molecule has 1 aromatic carbocycles. The summed E-state index contributed by atoms with van der Waals surface area (Å²) in [4.78, 5) is 13.1. The van der Waals surface area contributed by atoms with Gasteiger partial charge in [-0.1, -0.05) is 0 Å². The highest BCUT2D eigenvalue weighted by Gasteiger charge is 2.05. The van der Waals surface area contributed by atoms with Crippen molar-refractivity contribution < 1.29 is 4.74 Å². The predicted molar refractivity (Wildman–Crippen MR) is 78.5 cm³/mol. The number of ether oxygens (including phenoxy) is 1. The van der Waals surface area contributed by atoms with E-state index in [2.05, 4.69) is 15.0 Å². The topological polar surface area (TPSA) is 73.9 Å². The second kappa shape index (κ2) is 5.02. The molecule has 3 aromatic rings. The van der Waals surface area contributed by atoms with Crippen LogP contribution in [0.4, 0.5) is 0 Å². The number of nitrogens with two attached hydrogens (primary N) is 1. The predicted octanol–water partition coefficient (Wildman–Crippen LogP) is 2.42. The van der Waals surface area contributed by atoms with E-state index in [9.17, 15) is 0 Å². The molecule has 0 aliphatic heterocycles. The van der Waals surface area contributed by atoms with Crippen molar-refractivity contribution in [1.82, 2.24) is 15.0 Å². The lowest BCUT2D eigenvalue weighted by atomic mass is 10.2. The molecule has 0 radical (unpaired) electrons. The van der Waals surface area contributed by atoms with Crippen molar-refractivity contribution in [2.24, 2.45) is 5.73 Å². The van der Waals surface area contributed by atoms with Crippen LogP contribution in [0.2, 0.25) is 0 Å². The fraction of sp³-hybridized carbons (Fsp3) is 0.267. The maximum Gasteiger partial charge on any atom is 0.163 e. The Bertz CT molecular complexity index is 770. The third kappa shape index (κ3) is 2.40. The number of fused-ring (bicyclic) bond motifs is 2. The van der Waals surface area contributed by atoms with Gasteiger partial charge in [-0.2, -0.15) is 0 Å². The molecule has 2 N–H and O–H groups in total. The van der Waals surface area contributed by atoms with Gasteiger partial charge in [-0.25, -0.2) is 15.0 Å². The SMILES string of the molecule is CC(C)Oc1ccc2nc3nc(CN)ncc3cc2c1. The molecule has 0 aliphatic carbocycles. The van der Waals surface area contributed by atoms with E-state index in [4.69, 9.17) is 10.5 Å². The second-order valence-corrected chi connectivity index (χ2v) is 4.91. The fourth-order valence-corrected chi connectivity index (χ4v) is 2.08. The normalized spacial score (nSPS) is 11.4. The average molecular weight is 268 g/mol. The molecule has 0 saturated carbocycles. The molecule has 0 aliphatic rings. The zero-order valence-corrected chi connectivity index (χ0v) is 11.5. The third-order valence-corrected chi connectivity index (χ3v) is 2.94. The summed E-state index contributed by atoms with van der Waals surface area (Å²) >= 11 is 0. The van der Waals surface area contributed by atoms with Gasteiger partial charge in [0.1, 0.15) is 11.6 Å². The van der Waals surface area contributed by atoms with Crippen LogP contribution in [-0.2, 0) is 6.54 Å². The molecule has 102 valence electrons. The smallest absolute Gasteiger partial charge is 0.163 e. The minimum atomic E-state index is 0.149. The van der Waals surface area contributed by atoms with Crippen molar-refractivity contribution in [2.75, 3.05) is 0 Å². The number of hydrogen-bond acceptors (Lipinski definition) is 5. The quantitative estimate of drug-likeness (QED) is 0.738. The summed E-state index contributed by atoms with van der Waals surface area (Å²) < 4.78 is 5.70. The molecule has 0 atom stereocenters. The first-order valence-corrected chi connectivity index (χ1v) is 6.59. The lowest BCUT2D eigenvalue weighted by molar-refractivity contribution is 0.243. The number of hydrogen-bond donors (Lipinski definition) is 1. The minimum Gasteiger partial charge on any atom is -0.491 e. The van der Waals surface area contributed by atoms with E-state index >= 15 is 0 Å². The van der Waals surface area contributed by atoms with Gasteiger partial charge in [0.2, 0.25) is 0 Å². The summed E-state index contributed by atoms with van der Waals surface area (Å²) in [6, 6.07) is 7.87. The van der Waals surface area contributed by atoms with E-state index in [0.29, 0.717) is 18.0 Å². The van der Waals surface area contributed by atoms with E-state index in [-0.39, 0.29) is 6.10 Å². The second-order valence-electron chi connectivity index (χ2n) is 4.91. The number of nitrogens with zero attached hydrogens (tertiary/aromatic N) is 3. The molecule has 0 spiro atoms. The van der Waals surface area contributed by atoms with Crippen molar-refractivity contribution in [1.29, 1.82) is 0 Å². The van der Waals surface area contributed by atoms with Gasteiger partial charge in [-0.3, -0.25) is 0 Å². The molecule has 2 aromatic heterocycles. The molecule has 0 fully saturated rings. The average Bonchev–Trinajstić information content (AvgIpc) is 2.44. The maximum absolute atomic E-state index is 5.70. The first-order chi connectivity index (χ1) is 9.65. The molecular weight excluding hydrogens is 252 g/mol. The number of aromatic nitrogens is 3. The minimum absolute atomic E-state index is 0.149. The van der Waals surface area contributed by atoms with Crippen molar-refractivity contribution in [3.8, 4) is 5.75 Å². The van der Waals surface area contributed by atoms with Crippen LogP contribution < -0.4 is 10.5 Å². The van der Waals surface area contributed by atoms with Crippen LogP contribution in [0.25, 0.3) is 21.9 Å². The van der Waals surface area contributed by atoms with Gasteiger partial charge in [-0.05, 0) is 38.1 Å². The van der Waals surface area contributed by atoms with Gasteiger partial charge < -0.3 is 10.5 Å². The largest absolute Gasteiger partial charge is 0.491 e. The van der Waals surface area contributed by atoms with E-state index in [0.717, 1.165) is 22.0 Å². The van der Waals surface area contributed by atoms with E-state index < -0.39 is 0 Å². The molecule has 5 heteroatoms. The Kier molecular flexibility index (Phi) is 3.20. The number of rotatable bonds is 3. The molecule has 5 nitrogen and oxygen atoms in total. The number of pyridine rings is 1. The summed E-state index contributed by atoms with van der Waals surface area (Å²) in [7, 11) is 0. The zero-order chi connectivity index (χ0) is 14.1. The lowest BCUT2D eigenvalue weighted by Gasteiger charge is -2.10. The lowest BCUT2D eigenvalue weighted by Crippen LogP contribution is -2.05. The van der Waals surface area contributed by atoms with Gasteiger partial charge in [0.15, 0.2) is 5.65 Å². The van der Waals surface area contributed by atoms with Crippen LogP contribution in [0.5, 0.6) is 5.75 Å². The summed E-state index contributed by atoms with van der Waals surface area (Å²) in [5.74, 6) is 1.44. The van der Waals surface area contributed by atoms with Gasteiger partial charge in [-0.15, -0.1) is 0 Å². The van der Waals surface area contributed by atoms with Crippen molar-refractivity contribution in [3.63, 3.8) is 0 Å². The Morgan fingerprint density at radius 3 is 2.75 bits per heavy atom. The van der Waals surface area contributed by atoms with Crippen LogP contribution in [0.1, 0.15) is 19.7 Å². The highest BCUT2D eigenvalue weighted by atomic mass is 16.5. The van der Waals surface area contributed by atoms with E-state index in [1.165, 1.54) is 0 Å². The summed E-state index contributed by atoms with van der Waals surface area (Å²) in [6.07, 6.45) is 1.91. The third-order valence-electron chi connectivity index (χ3n) is 2.94. The molecule has 3 rings (SSSR count). The van der Waals surface area contributed by atoms with Gasteiger partial charge in [0.25, 0.3) is 0 Å². The maximum atomic E-state index is 5.70. The van der Waals surface area contributed by atoms with E-state index in [1.54, 1.807) is 6.20 Å². The standard InChI is InChI=1S/C15H16N4O/c1-9(2)20-12-3-4-13-10(6-12)5-11-8-17-14(7-16)19-15(11)18-13/h3-6,8-9H,7,16H2,1-2H3. The molecule has 20 heavy (non-hydrogen) atoms. The Balaban J connectivity index is 2.14. The Labute approximate surface area is 116 Å².